The van der Waals surface area contributed by atoms with Crippen molar-refractivity contribution in [2.45, 2.75) is 50.5 Å². The standard InChI is InChI=1S/C11H17NO3/c1-14-10(13)15-11(9-12)7-5-3-2-4-6-8-11/h2-8H2,1H3. The summed E-state index contributed by atoms with van der Waals surface area (Å²) in [5.74, 6) is 0. The Morgan fingerprint density at radius 1 is 1.20 bits per heavy atom. The minimum Gasteiger partial charge on any atom is -0.438 e. The molecule has 0 bridgehead atoms. The molecule has 4 nitrogen and oxygen atoms in total. The van der Waals surface area contributed by atoms with E-state index in [-0.39, 0.29) is 0 Å². The highest BCUT2D eigenvalue weighted by atomic mass is 16.7. The molecule has 0 atom stereocenters. The fourth-order valence-electron chi connectivity index (χ4n) is 1.91. The molecular formula is C11H17NO3. The SMILES string of the molecule is COC(=O)OC1(C#N)CCCCCCC1. The van der Waals surface area contributed by atoms with Crippen LogP contribution in [0.4, 0.5) is 4.79 Å². The zero-order chi connectivity index (χ0) is 11.1. The number of rotatable bonds is 1. The lowest BCUT2D eigenvalue weighted by atomic mass is 9.88. The average Bonchev–Trinajstić information content (AvgIpc) is 2.22. The number of hydrogen-bond acceptors (Lipinski definition) is 4. The van der Waals surface area contributed by atoms with Crippen LogP contribution in [0.3, 0.4) is 0 Å². The van der Waals surface area contributed by atoms with E-state index in [1.54, 1.807) is 0 Å². The molecule has 1 fully saturated rings. The number of methoxy groups -OCH3 is 1. The molecule has 0 unspecified atom stereocenters. The highest BCUT2D eigenvalue weighted by Crippen LogP contribution is 2.29. The Morgan fingerprint density at radius 2 is 1.73 bits per heavy atom. The third-order valence-electron chi connectivity index (χ3n) is 2.81. The van der Waals surface area contributed by atoms with E-state index >= 15 is 0 Å². The molecule has 0 radical (unpaired) electrons. The largest absolute Gasteiger partial charge is 0.509 e. The number of ether oxygens (including phenoxy) is 2. The Morgan fingerprint density at radius 3 is 2.20 bits per heavy atom. The monoisotopic (exact) mass is 211 g/mol. The van der Waals surface area contributed by atoms with Crippen LogP contribution in [0.25, 0.3) is 0 Å². The van der Waals surface area contributed by atoms with Gasteiger partial charge in [0.1, 0.15) is 6.07 Å². The third kappa shape index (κ3) is 3.43. The van der Waals surface area contributed by atoms with E-state index < -0.39 is 11.8 Å². The first-order valence-corrected chi connectivity index (χ1v) is 5.41. The number of carbonyl (C=O) groups is 1. The Hall–Kier alpha value is -1.24. The Balaban J connectivity index is 2.63. The van der Waals surface area contributed by atoms with Crippen LogP contribution in [-0.2, 0) is 9.47 Å². The van der Waals surface area contributed by atoms with Gasteiger partial charge in [-0.2, -0.15) is 5.26 Å². The van der Waals surface area contributed by atoms with Crippen molar-refractivity contribution in [3.8, 4) is 6.07 Å². The quantitative estimate of drug-likeness (QED) is 0.626. The first kappa shape index (κ1) is 11.8. The van der Waals surface area contributed by atoms with Crippen molar-refractivity contribution < 1.29 is 14.3 Å². The summed E-state index contributed by atoms with van der Waals surface area (Å²) in [4.78, 5) is 11.0. The molecule has 0 aromatic rings. The molecule has 0 spiro atoms. The van der Waals surface area contributed by atoms with Crippen molar-refractivity contribution in [3.05, 3.63) is 0 Å². The van der Waals surface area contributed by atoms with Crippen molar-refractivity contribution in [1.29, 1.82) is 5.26 Å². The summed E-state index contributed by atoms with van der Waals surface area (Å²) >= 11 is 0. The van der Waals surface area contributed by atoms with Crippen LogP contribution in [0.15, 0.2) is 0 Å². The fraction of sp³-hybridized carbons (Fsp3) is 0.818. The molecule has 84 valence electrons. The second-order valence-electron chi connectivity index (χ2n) is 3.93. The highest BCUT2D eigenvalue weighted by Gasteiger charge is 2.34. The van der Waals surface area contributed by atoms with E-state index in [0.29, 0.717) is 12.8 Å². The molecule has 0 amide bonds. The first-order valence-electron chi connectivity index (χ1n) is 5.41. The summed E-state index contributed by atoms with van der Waals surface area (Å²) in [6, 6.07) is 2.13. The van der Waals surface area contributed by atoms with Crippen LogP contribution in [0.2, 0.25) is 0 Å². The summed E-state index contributed by atoms with van der Waals surface area (Å²) < 4.78 is 9.53. The summed E-state index contributed by atoms with van der Waals surface area (Å²) in [6.07, 6.45) is 5.78. The van der Waals surface area contributed by atoms with Crippen LogP contribution in [-0.4, -0.2) is 18.9 Å². The summed E-state index contributed by atoms with van der Waals surface area (Å²) in [5, 5.41) is 9.12. The zero-order valence-electron chi connectivity index (χ0n) is 9.12. The van der Waals surface area contributed by atoms with Crippen LogP contribution in [0, 0.1) is 11.3 Å². The summed E-state index contributed by atoms with van der Waals surface area (Å²) in [6.45, 7) is 0. The van der Waals surface area contributed by atoms with Gasteiger partial charge < -0.3 is 9.47 Å². The van der Waals surface area contributed by atoms with Gasteiger partial charge in [-0.15, -0.1) is 0 Å². The van der Waals surface area contributed by atoms with Gasteiger partial charge in [0.2, 0.25) is 5.60 Å². The second-order valence-corrected chi connectivity index (χ2v) is 3.93. The molecule has 1 rings (SSSR count). The van der Waals surface area contributed by atoms with E-state index in [9.17, 15) is 4.79 Å². The second kappa shape index (κ2) is 5.59. The predicted octanol–water partition coefficient (Wildman–Crippen LogP) is 2.78. The lowest BCUT2D eigenvalue weighted by molar-refractivity contribution is -0.00930. The van der Waals surface area contributed by atoms with Crippen LogP contribution in [0.1, 0.15) is 44.9 Å². The molecule has 0 aliphatic heterocycles. The third-order valence-corrected chi connectivity index (χ3v) is 2.81. The smallest absolute Gasteiger partial charge is 0.438 e. The topological polar surface area (TPSA) is 59.3 Å². The number of carbonyl (C=O) groups excluding carboxylic acids is 1. The molecule has 0 saturated heterocycles. The molecule has 0 aromatic carbocycles. The minimum atomic E-state index is -0.951. The molecule has 15 heavy (non-hydrogen) atoms. The van der Waals surface area contributed by atoms with Gasteiger partial charge >= 0.3 is 6.16 Å². The van der Waals surface area contributed by atoms with Gasteiger partial charge in [-0.3, -0.25) is 0 Å². The Kier molecular flexibility index (Phi) is 4.41. The van der Waals surface area contributed by atoms with Gasteiger partial charge in [-0.25, -0.2) is 4.79 Å². The number of nitriles is 1. The lowest BCUT2D eigenvalue weighted by Gasteiger charge is -2.27. The van der Waals surface area contributed by atoms with E-state index in [2.05, 4.69) is 10.8 Å². The minimum absolute atomic E-state index is 0.624. The molecule has 0 heterocycles. The maximum atomic E-state index is 11.0. The summed E-state index contributed by atoms with van der Waals surface area (Å²) in [7, 11) is 1.26. The van der Waals surface area contributed by atoms with E-state index in [1.165, 1.54) is 13.5 Å². The van der Waals surface area contributed by atoms with Crippen LogP contribution >= 0.6 is 0 Å². The normalized spacial score (nSPS) is 20.5. The van der Waals surface area contributed by atoms with Crippen molar-refractivity contribution in [2.75, 3.05) is 7.11 Å². The van der Waals surface area contributed by atoms with E-state index in [0.717, 1.165) is 25.7 Å². The Labute approximate surface area is 90.2 Å². The van der Waals surface area contributed by atoms with Gasteiger partial charge in [0, 0.05) is 12.8 Å². The Bertz CT molecular complexity index is 249. The van der Waals surface area contributed by atoms with Gasteiger partial charge in [0.15, 0.2) is 0 Å². The van der Waals surface area contributed by atoms with Gasteiger partial charge in [0.25, 0.3) is 0 Å². The van der Waals surface area contributed by atoms with E-state index in [4.69, 9.17) is 10.00 Å². The number of nitrogens with zero attached hydrogens (tertiary/aromatic N) is 1. The van der Waals surface area contributed by atoms with Crippen molar-refractivity contribution in [3.63, 3.8) is 0 Å². The molecule has 1 saturated carbocycles. The van der Waals surface area contributed by atoms with E-state index in [1.807, 2.05) is 0 Å². The predicted molar refractivity (Wildman–Crippen MR) is 54.2 cm³/mol. The lowest BCUT2D eigenvalue weighted by Crippen LogP contribution is -2.34. The highest BCUT2D eigenvalue weighted by molar-refractivity contribution is 5.60. The molecule has 0 aromatic heterocycles. The average molecular weight is 211 g/mol. The maximum absolute atomic E-state index is 11.0. The molecular weight excluding hydrogens is 194 g/mol. The van der Waals surface area contributed by atoms with Crippen LogP contribution in [0.5, 0.6) is 0 Å². The first-order chi connectivity index (χ1) is 7.22. The molecule has 1 aliphatic rings. The maximum Gasteiger partial charge on any atom is 0.509 e. The van der Waals surface area contributed by atoms with Gasteiger partial charge in [-0.1, -0.05) is 19.3 Å². The van der Waals surface area contributed by atoms with Crippen molar-refractivity contribution >= 4 is 6.16 Å². The van der Waals surface area contributed by atoms with Gasteiger partial charge in [-0.05, 0) is 12.8 Å². The molecule has 4 heteroatoms. The molecule has 0 N–H and O–H groups in total. The van der Waals surface area contributed by atoms with Gasteiger partial charge in [0.05, 0.1) is 7.11 Å². The zero-order valence-corrected chi connectivity index (χ0v) is 9.12. The molecule has 1 aliphatic carbocycles. The number of hydrogen-bond donors (Lipinski definition) is 0. The van der Waals surface area contributed by atoms with Crippen LogP contribution < -0.4 is 0 Å². The van der Waals surface area contributed by atoms with Crippen molar-refractivity contribution in [2.24, 2.45) is 0 Å². The summed E-state index contributed by atoms with van der Waals surface area (Å²) in [5.41, 5.74) is -0.951. The fourth-order valence-corrected chi connectivity index (χ4v) is 1.91. The van der Waals surface area contributed by atoms with Crippen molar-refractivity contribution in [1.82, 2.24) is 0 Å².